The summed E-state index contributed by atoms with van der Waals surface area (Å²) in [7, 11) is 0. The van der Waals surface area contributed by atoms with Crippen molar-refractivity contribution in [3.63, 3.8) is 0 Å². The molecule has 4 nitrogen and oxygen atoms in total. The van der Waals surface area contributed by atoms with Crippen LogP contribution < -0.4 is 5.73 Å². The fourth-order valence-electron chi connectivity index (χ4n) is 2.71. The number of hydrogen-bond donors (Lipinski definition) is 1. The monoisotopic (exact) mass is 241 g/mol. The summed E-state index contributed by atoms with van der Waals surface area (Å²) >= 11 is 4.94. The van der Waals surface area contributed by atoms with Crippen LogP contribution in [0.3, 0.4) is 0 Å². The molecule has 2 aliphatic rings. The van der Waals surface area contributed by atoms with Crippen LogP contribution in [0.2, 0.25) is 0 Å². The average molecular weight is 241 g/mol. The van der Waals surface area contributed by atoms with Crippen molar-refractivity contribution >= 4 is 23.1 Å². The highest BCUT2D eigenvalue weighted by Gasteiger charge is 2.36. The van der Waals surface area contributed by atoms with Crippen molar-refractivity contribution in [2.24, 2.45) is 5.73 Å². The minimum Gasteiger partial charge on any atom is -0.393 e. The minimum atomic E-state index is 0.326. The molecular weight excluding hydrogens is 222 g/mol. The molecule has 2 fully saturated rings. The van der Waals surface area contributed by atoms with E-state index in [0.29, 0.717) is 23.0 Å². The van der Waals surface area contributed by atoms with Crippen LogP contribution in [0.5, 0.6) is 0 Å². The molecule has 1 amide bonds. The van der Waals surface area contributed by atoms with Crippen molar-refractivity contribution in [2.45, 2.75) is 38.3 Å². The molecule has 0 aromatic heterocycles. The zero-order valence-electron chi connectivity index (χ0n) is 9.69. The van der Waals surface area contributed by atoms with Gasteiger partial charge in [0.25, 0.3) is 0 Å². The van der Waals surface area contributed by atoms with Gasteiger partial charge in [-0.15, -0.1) is 0 Å². The molecule has 2 rings (SSSR count). The molecule has 0 bridgehead atoms. The highest BCUT2D eigenvalue weighted by Crippen LogP contribution is 2.24. The van der Waals surface area contributed by atoms with Crippen molar-refractivity contribution in [2.75, 3.05) is 19.6 Å². The first kappa shape index (κ1) is 11.8. The summed E-state index contributed by atoms with van der Waals surface area (Å²) in [6.45, 7) is 4.96. The zero-order chi connectivity index (χ0) is 11.7. The molecule has 0 aromatic carbocycles. The molecule has 2 N–H and O–H groups in total. The maximum atomic E-state index is 11.5. The molecule has 0 aliphatic carbocycles. The molecule has 90 valence electrons. The van der Waals surface area contributed by atoms with Crippen molar-refractivity contribution in [1.82, 2.24) is 9.80 Å². The summed E-state index contributed by atoms with van der Waals surface area (Å²) in [6, 6.07) is 0.824. The van der Waals surface area contributed by atoms with E-state index in [1.165, 1.54) is 0 Å². The first-order valence-corrected chi connectivity index (χ1v) is 6.30. The molecule has 2 unspecified atom stereocenters. The molecule has 2 aliphatic heterocycles. The predicted octanol–water partition coefficient (Wildman–Crippen LogP) is 0.358. The second-order valence-corrected chi connectivity index (χ2v) is 5.32. The SMILES string of the molecule is CC(CC(N)=S)N1CCN2C(=O)CCC2C1. The lowest BCUT2D eigenvalue weighted by atomic mass is 10.1. The quantitative estimate of drug-likeness (QED) is 0.725. The van der Waals surface area contributed by atoms with Crippen LogP contribution in [0.25, 0.3) is 0 Å². The Morgan fingerprint density at radius 3 is 3.06 bits per heavy atom. The fraction of sp³-hybridized carbons (Fsp3) is 0.818. The Morgan fingerprint density at radius 2 is 2.38 bits per heavy atom. The lowest BCUT2D eigenvalue weighted by Gasteiger charge is -2.40. The third-order valence-electron chi connectivity index (χ3n) is 3.65. The summed E-state index contributed by atoms with van der Waals surface area (Å²) in [5.74, 6) is 0.326. The van der Waals surface area contributed by atoms with Gasteiger partial charge in [-0.2, -0.15) is 0 Å². The fourth-order valence-corrected chi connectivity index (χ4v) is 2.95. The van der Waals surface area contributed by atoms with Gasteiger partial charge in [0.15, 0.2) is 0 Å². The number of nitrogens with zero attached hydrogens (tertiary/aromatic N) is 2. The van der Waals surface area contributed by atoms with Crippen LogP contribution in [0.15, 0.2) is 0 Å². The number of piperazine rings is 1. The van der Waals surface area contributed by atoms with Crippen LogP contribution in [0, 0.1) is 0 Å². The second-order valence-electron chi connectivity index (χ2n) is 4.79. The van der Waals surface area contributed by atoms with Gasteiger partial charge in [-0.25, -0.2) is 0 Å². The van der Waals surface area contributed by atoms with E-state index in [-0.39, 0.29) is 0 Å². The van der Waals surface area contributed by atoms with E-state index in [2.05, 4.69) is 11.8 Å². The maximum absolute atomic E-state index is 11.5. The van der Waals surface area contributed by atoms with Crippen LogP contribution in [0.1, 0.15) is 26.2 Å². The summed E-state index contributed by atoms with van der Waals surface area (Å²) in [5, 5.41) is 0. The lowest BCUT2D eigenvalue weighted by Crippen LogP contribution is -2.54. The van der Waals surface area contributed by atoms with Gasteiger partial charge in [-0.1, -0.05) is 12.2 Å². The van der Waals surface area contributed by atoms with Crippen molar-refractivity contribution < 1.29 is 4.79 Å². The molecule has 0 aromatic rings. The molecule has 0 saturated carbocycles. The zero-order valence-corrected chi connectivity index (χ0v) is 10.5. The van der Waals surface area contributed by atoms with E-state index in [1.54, 1.807) is 0 Å². The van der Waals surface area contributed by atoms with E-state index in [9.17, 15) is 4.79 Å². The number of hydrogen-bond acceptors (Lipinski definition) is 3. The number of thiocarbonyl (C=S) groups is 1. The Bertz CT molecular complexity index is 308. The van der Waals surface area contributed by atoms with Gasteiger partial charge in [0.05, 0.1) is 4.99 Å². The minimum absolute atomic E-state index is 0.326. The van der Waals surface area contributed by atoms with Gasteiger partial charge < -0.3 is 10.6 Å². The predicted molar refractivity (Wildman–Crippen MR) is 67.2 cm³/mol. The molecular formula is C11H19N3OS. The molecule has 0 radical (unpaired) electrons. The molecule has 0 spiro atoms. The number of amides is 1. The summed E-state index contributed by atoms with van der Waals surface area (Å²) in [4.78, 5) is 16.5. The van der Waals surface area contributed by atoms with Gasteiger partial charge in [-0.3, -0.25) is 9.69 Å². The van der Waals surface area contributed by atoms with E-state index < -0.39 is 0 Å². The van der Waals surface area contributed by atoms with E-state index >= 15 is 0 Å². The largest absolute Gasteiger partial charge is 0.393 e. The third-order valence-corrected chi connectivity index (χ3v) is 3.81. The van der Waals surface area contributed by atoms with Crippen molar-refractivity contribution in [3.05, 3.63) is 0 Å². The average Bonchev–Trinajstić information content (AvgIpc) is 2.59. The van der Waals surface area contributed by atoms with Gasteiger partial charge in [0, 0.05) is 44.6 Å². The number of fused-ring (bicyclic) bond motifs is 1. The molecule has 5 heteroatoms. The smallest absolute Gasteiger partial charge is 0.222 e. The van der Waals surface area contributed by atoms with E-state index in [0.717, 1.165) is 38.9 Å². The van der Waals surface area contributed by atoms with Crippen LogP contribution >= 0.6 is 12.2 Å². The Morgan fingerprint density at radius 1 is 1.62 bits per heavy atom. The Labute approximate surface area is 102 Å². The molecule has 2 heterocycles. The van der Waals surface area contributed by atoms with E-state index in [4.69, 9.17) is 18.0 Å². The van der Waals surface area contributed by atoms with Crippen LogP contribution in [-0.2, 0) is 4.79 Å². The molecule has 2 atom stereocenters. The van der Waals surface area contributed by atoms with Gasteiger partial charge in [-0.05, 0) is 13.3 Å². The molecule has 2 saturated heterocycles. The summed E-state index contributed by atoms with van der Waals surface area (Å²) in [6.07, 6.45) is 2.51. The second kappa shape index (κ2) is 4.67. The number of carbonyl (C=O) groups excluding carboxylic acids is 1. The number of carbonyl (C=O) groups is 1. The van der Waals surface area contributed by atoms with Crippen LogP contribution in [-0.4, -0.2) is 52.4 Å². The van der Waals surface area contributed by atoms with Gasteiger partial charge in [0.2, 0.25) is 5.91 Å². The third kappa shape index (κ3) is 2.35. The van der Waals surface area contributed by atoms with E-state index in [1.807, 2.05) is 4.90 Å². The lowest BCUT2D eigenvalue weighted by molar-refractivity contribution is -0.130. The number of rotatable bonds is 3. The first-order chi connectivity index (χ1) is 7.58. The molecule has 16 heavy (non-hydrogen) atoms. The topological polar surface area (TPSA) is 49.6 Å². The van der Waals surface area contributed by atoms with Crippen molar-refractivity contribution in [3.8, 4) is 0 Å². The maximum Gasteiger partial charge on any atom is 0.222 e. The first-order valence-electron chi connectivity index (χ1n) is 5.89. The summed E-state index contributed by atoms with van der Waals surface area (Å²) < 4.78 is 0. The van der Waals surface area contributed by atoms with Gasteiger partial charge in [0.1, 0.15) is 0 Å². The Kier molecular flexibility index (Phi) is 3.44. The highest BCUT2D eigenvalue weighted by atomic mass is 32.1. The van der Waals surface area contributed by atoms with Crippen molar-refractivity contribution in [1.29, 1.82) is 0 Å². The standard InChI is InChI=1S/C11H19N3OS/c1-8(6-10(12)16)13-4-5-14-9(7-13)2-3-11(14)15/h8-9H,2-7H2,1H3,(H2,12,16). The van der Waals surface area contributed by atoms with Crippen LogP contribution in [0.4, 0.5) is 0 Å². The van der Waals surface area contributed by atoms with Gasteiger partial charge >= 0.3 is 0 Å². The Balaban J connectivity index is 1.91. The normalized spacial score (nSPS) is 27.9. The summed E-state index contributed by atoms with van der Waals surface area (Å²) in [5.41, 5.74) is 5.57. The number of nitrogens with two attached hydrogens (primary N) is 1. The Hall–Kier alpha value is -0.680. The highest BCUT2D eigenvalue weighted by molar-refractivity contribution is 7.80.